The monoisotopic (exact) mass is 326 g/mol. The predicted octanol–water partition coefficient (Wildman–Crippen LogP) is 2.79. The zero-order valence-corrected chi connectivity index (χ0v) is 12.6. The summed E-state index contributed by atoms with van der Waals surface area (Å²) in [5, 5.41) is 6.25. The van der Waals surface area contributed by atoms with E-state index in [4.69, 9.17) is 4.74 Å². The smallest absolute Gasteiger partial charge is 0.224 e. The molecule has 1 aliphatic rings. The minimum atomic E-state index is 0.0702. The minimum Gasteiger partial charge on any atom is -0.497 e. The molecule has 4 nitrogen and oxygen atoms in total. The molecule has 1 aromatic carbocycles. The van der Waals surface area contributed by atoms with Gasteiger partial charge in [0.1, 0.15) is 5.75 Å². The van der Waals surface area contributed by atoms with Gasteiger partial charge < -0.3 is 15.4 Å². The molecule has 1 aromatic rings. The van der Waals surface area contributed by atoms with Crippen LogP contribution >= 0.6 is 15.9 Å². The van der Waals surface area contributed by atoms with E-state index in [1.807, 2.05) is 18.2 Å². The second-order valence-corrected chi connectivity index (χ2v) is 5.65. The third kappa shape index (κ3) is 4.21. The first-order chi connectivity index (χ1) is 9.19. The Labute approximate surface area is 122 Å². The Morgan fingerprint density at radius 3 is 2.89 bits per heavy atom. The van der Waals surface area contributed by atoms with Gasteiger partial charge in [-0.25, -0.2) is 0 Å². The molecule has 0 unspecified atom stereocenters. The lowest BCUT2D eigenvalue weighted by atomic mass is 9.94. The van der Waals surface area contributed by atoms with Crippen molar-refractivity contribution >= 4 is 27.5 Å². The van der Waals surface area contributed by atoms with Gasteiger partial charge in [0.2, 0.25) is 5.91 Å². The van der Waals surface area contributed by atoms with E-state index in [0.29, 0.717) is 12.3 Å². The van der Waals surface area contributed by atoms with Crippen LogP contribution in [0.25, 0.3) is 0 Å². The van der Waals surface area contributed by atoms with E-state index in [0.717, 1.165) is 41.8 Å². The Bertz CT molecular complexity index is 445. The van der Waals surface area contributed by atoms with Crippen molar-refractivity contribution in [3.8, 4) is 5.75 Å². The molecule has 19 heavy (non-hydrogen) atoms. The number of amides is 1. The van der Waals surface area contributed by atoms with Crippen molar-refractivity contribution < 1.29 is 9.53 Å². The van der Waals surface area contributed by atoms with Crippen molar-refractivity contribution in [1.82, 2.24) is 5.32 Å². The van der Waals surface area contributed by atoms with E-state index in [2.05, 4.69) is 26.6 Å². The number of piperidine rings is 1. The van der Waals surface area contributed by atoms with Gasteiger partial charge in [0.25, 0.3) is 0 Å². The molecule has 1 amide bonds. The first-order valence-electron chi connectivity index (χ1n) is 6.53. The highest BCUT2D eigenvalue weighted by Crippen LogP contribution is 2.27. The number of halogens is 1. The standard InChI is InChI=1S/C14H19BrN2O2/c1-19-11-2-3-12(15)13(9-11)17-14(18)8-10-4-6-16-7-5-10/h2-3,9-10,16H,4-8H2,1H3,(H,17,18). The van der Waals surface area contributed by atoms with E-state index in [9.17, 15) is 4.79 Å². The summed E-state index contributed by atoms with van der Waals surface area (Å²) >= 11 is 3.43. The van der Waals surface area contributed by atoms with Crippen molar-refractivity contribution in [3.05, 3.63) is 22.7 Å². The molecule has 0 saturated carbocycles. The van der Waals surface area contributed by atoms with Gasteiger partial charge >= 0.3 is 0 Å². The molecule has 5 heteroatoms. The third-order valence-corrected chi connectivity index (χ3v) is 4.07. The number of ether oxygens (including phenoxy) is 1. The lowest BCUT2D eigenvalue weighted by Crippen LogP contribution is -2.30. The summed E-state index contributed by atoms with van der Waals surface area (Å²) in [5.41, 5.74) is 0.762. The summed E-state index contributed by atoms with van der Waals surface area (Å²) in [6.45, 7) is 2.03. The van der Waals surface area contributed by atoms with Crippen molar-refractivity contribution in [2.45, 2.75) is 19.3 Å². The van der Waals surface area contributed by atoms with Gasteiger partial charge in [0.15, 0.2) is 0 Å². The molecule has 0 bridgehead atoms. The van der Waals surface area contributed by atoms with Gasteiger partial charge in [-0.05, 0) is 59.9 Å². The Morgan fingerprint density at radius 2 is 2.21 bits per heavy atom. The molecule has 104 valence electrons. The molecule has 0 spiro atoms. The Morgan fingerprint density at radius 1 is 1.47 bits per heavy atom. The molecule has 0 aliphatic carbocycles. The molecule has 0 atom stereocenters. The van der Waals surface area contributed by atoms with Gasteiger partial charge in [-0.15, -0.1) is 0 Å². The van der Waals surface area contributed by atoms with Gasteiger partial charge in [-0.3, -0.25) is 4.79 Å². The number of hydrogen-bond acceptors (Lipinski definition) is 3. The van der Waals surface area contributed by atoms with Gasteiger partial charge in [0, 0.05) is 17.0 Å². The largest absolute Gasteiger partial charge is 0.497 e. The predicted molar refractivity (Wildman–Crippen MR) is 79.5 cm³/mol. The van der Waals surface area contributed by atoms with Crippen LogP contribution in [0.2, 0.25) is 0 Å². The van der Waals surface area contributed by atoms with Crippen molar-refractivity contribution in [1.29, 1.82) is 0 Å². The minimum absolute atomic E-state index is 0.0702. The summed E-state index contributed by atoms with van der Waals surface area (Å²) in [7, 11) is 1.61. The SMILES string of the molecule is COc1ccc(Br)c(NC(=O)CC2CCNCC2)c1. The second kappa shape index (κ2) is 6.91. The summed E-state index contributed by atoms with van der Waals surface area (Å²) in [5.74, 6) is 1.30. The van der Waals surface area contributed by atoms with Crippen LogP contribution in [0.3, 0.4) is 0 Å². The lowest BCUT2D eigenvalue weighted by molar-refractivity contribution is -0.117. The maximum atomic E-state index is 12.0. The zero-order chi connectivity index (χ0) is 13.7. The van der Waals surface area contributed by atoms with Crippen molar-refractivity contribution in [2.75, 3.05) is 25.5 Å². The fourth-order valence-electron chi connectivity index (χ4n) is 2.28. The summed E-state index contributed by atoms with van der Waals surface area (Å²) in [6.07, 6.45) is 2.74. The fourth-order valence-corrected chi connectivity index (χ4v) is 2.62. The second-order valence-electron chi connectivity index (χ2n) is 4.79. The lowest BCUT2D eigenvalue weighted by Gasteiger charge is -2.22. The maximum absolute atomic E-state index is 12.0. The molecule has 0 aromatic heterocycles. The Balaban J connectivity index is 1.94. The molecular weight excluding hydrogens is 308 g/mol. The van der Waals surface area contributed by atoms with Crippen molar-refractivity contribution in [3.63, 3.8) is 0 Å². The quantitative estimate of drug-likeness (QED) is 0.894. The molecule has 1 fully saturated rings. The average molecular weight is 327 g/mol. The number of carbonyl (C=O) groups excluding carboxylic acids is 1. The highest BCUT2D eigenvalue weighted by atomic mass is 79.9. The fraction of sp³-hybridized carbons (Fsp3) is 0.500. The highest BCUT2D eigenvalue weighted by Gasteiger charge is 2.17. The van der Waals surface area contributed by atoms with E-state index < -0.39 is 0 Å². The highest BCUT2D eigenvalue weighted by molar-refractivity contribution is 9.10. The average Bonchev–Trinajstić information content (AvgIpc) is 2.42. The number of carbonyl (C=O) groups is 1. The number of methoxy groups -OCH3 is 1. The summed E-state index contributed by atoms with van der Waals surface area (Å²) < 4.78 is 6.03. The molecule has 2 rings (SSSR count). The molecule has 2 N–H and O–H groups in total. The van der Waals surface area contributed by atoms with E-state index in [-0.39, 0.29) is 5.91 Å². The van der Waals surface area contributed by atoms with Crippen LogP contribution in [0, 0.1) is 5.92 Å². The van der Waals surface area contributed by atoms with Crippen molar-refractivity contribution in [2.24, 2.45) is 5.92 Å². The van der Waals surface area contributed by atoms with Gasteiger partial charge in [0.05, 0.1) is 12.8 Å². The van der Waals surface area contributed by atoms with Crippen LogP contribution in [0.1, 0.15) is 19.3 Å². The molecular formula is C14H19BrN2O2. The normalized spacial score (nSPS) is 16.1. The van der Waals surface area contributed by atoms with E-state index in [1.165, 1.54) is 0 Å². The van der Waals surface area contributed by atoms with Crippen LogP contribution in [0.5, 0.6) is 5.75 Å². The van der Waals surface area contributed by atoms with Crippen LogP contribution in [0.4, 0.5) is 5.69 Å². The van der Waals surface area contributed by atoms with Crippen LogP contribution in [-0.2, 0) is 4.79 Å². The number of hydrogen-bond donors (Lipinski definition) is 2. The molecule has 0 radical (unpaired) electrons. The topological polar surface area (TPSA) is 50.4 Å². The van der Waals surface area contributed by atoms with Crippen LogP contribution in [-0.4, -0.2) is 26.1 Å². The summed E-state index contributed by atoms with van der Waals surface area (Å²) in [4.78, 5) is 12.0. The van der Waals surface area contributed by atoms with Gasteiger partial charge in [-0.1, -0.05) is 0 Å². The first kappa shape index (κ1) is 14.3. The summed E-state index contributed by atoms with van der Waals surface area (Å²) in [6, 6.07) is 5.55. The Hall–Kier alpha value is -1.07. The molecule has 1 heterocycles. The van der Waals surface area contributed by atoms with Gasteiger partial charge in [-0.2, -0.15) is 0 Å². The number of benzene rings is 1. The number of anilines is 1. The Kier molecular flexibility index (Phi) is 5.22. The molecule has 1 aliphatic heterocycles. The van der Waals surface area contributed by atoms with Crippen LogP contribution < -0.4 is 15.4 Å². The van der Waals surface area contributed by atoms with E-state index >= 15 is 0 Å². The molecule has 1 saturated heterocycles. The van der Waals surface area contributed by atoms with E-state index in [1.54, 1.807) is 7.11 Å². The number of nitrogens with one attached hydrogen (secondary N) is 2. The maximum Gasteiger partial charge on any atom is 0.224 e. The number of rotatable bonds is 4. The van der Waals surface area contributed by atoms with Crippen LogP contribution in [0.15, 0.2) is 22.7 Å². The zero-order valence-electron chi connectivity index (χ0n) is 11.0. The third-order valence-electron chi connectivity index (χ3n) is 3.38. The first-order valence-corrected chi connectivity index (χ1v) is 7.32.